The molecule has 0 spiro atoms. The van der Waals surface area contributed by atoms with E-state index in [1.807, 2.05) is 0 Å². The fourth-order valence-electron chi connectivity index (χ4n) is 5.97. The number of hydrogen-bond donors (Lipinski definition) is 2. The van der Waals surface area contributed by atoms with E-state index in [2.05, 4.69) is 5.32 Å². The van der Waals surface area contributed by atoms with Crippen LogP contribution in [0.2, 0.25) is 5.02 Å². The molecule has 5 rings (SSSR count). The third-order valence-corrected chi connectivity index (χ3v) is 8.96. The summed E-state index contributed by atoms with van der Waals surface area (Å²) in [7, 11) is 0. The lowest BCUT2D eigenvalue weighted by molar-refractivity contribution is -0.150. The molecule has 1 aliphatic heterocycles. The van der Waals surface area contributed by atoms with Crippen LogP contribution in [0.5, 0.6) is 5.75 Å². The van der Waals surface area contributed by atoms with Gasteiger partial charge < -0.3 is 20.7 Å². The Bertz CT molecular complexity index is 1390. The Morgan fingerprint density at radius 3 is 2.09 bits per heavy atom. The lowest BCUT2D eigenvalue weighted by Crippen LogP contribution is -2.58. The molecule has 2 fully saturated rings. The first-order chi connectivity index (χ1) is 21.2. The van der Waals surface area contributed by atoms with Crippen LogP contribution in [0.15, 0.2) is 72.8 Å². The van der Waals surface area contributed by atoms with Gasteiger partial charge in [-0.05, 0) is 72.6 Å². The number of carbonyl (C=O) groups is 2. The molecule has 44 heavy (non-hydrogen) atoms. The Labute approximate surface area is 262 Å². The molecule has 1 saturated heterocycles. The van der Waals surface area contributed by atoms with Crippen molar-refractivity contribution >= 4 is 23.4 Å². The van der Waals surface area contributed by atoms with E-state index in [9.17, 15) is 9.59 Å². The number of benzene rings is 3. The maximum absolute atomic E-state index is 16.2. The average molecular weight is 624 g/mol. The summed E-state index contributed by atoms with van der Waals surface area (Å²) in [5.74, 6) is -3.87. The van der Waals surface area contributed by atoms with E-state index in [0.29, 0.717) is 41.7 Å². The average Bonchev–Trinajstić information content (AvgIpc) is 3.04. The van der Waals surface area contributed by atoms with E-state index in [0.717, 1.165) is 11.1 Å². The molecule has 0 aromatic heterocycles. The Morgan fingerprint density at radius 1 is 0.886 bits per heavy atom. The molecule has 3 aromatic rings. The van der Waals surface area contributed by atoms with Gasteiger partial charge >= 0.3 is 5.92 Å². The van der Waals surface area contributed by atoms with Gasteiger partial charge in [-0.15, -0.1) is 0 Å². The number of nitrogens with two attached hydrogens (primary N) is 1. The third-order valence-electron chi connectivity index (χ3n) is 8.71. The number of piperidine rings is 1. The van der Waals surface area contributed by atoms with Crippen molar-refractivity contribution in [1.29, 1.82) is 0 Å². The normalized spacial score (nSPS) is 17.2. The molecule has 0 radical (unpaired) electrons. The zero-order chi connectivity index (χ0) is 31.1. The van der Waals surface area contributed by atoms with Crippen LogP contribution in [0.3, 0.4) is 0 Å². The SMILES string of the molecule is NC1CCN(C(=O)[C@H](NC(=O)Cc2ccc(OCC3CCCCC3)cc2)C(F)(F)c2ccc(-c3ccc(Cl)cc3)cc2)CC1. The standard InChI is InChI=1S/C35H40ClF2N3O3/c36-29-14-10-27(11-15-29)26-8-12-28(13-9-26)35(37,38)33(34(43)41-20-18-30(39)19-21-41)40-32(42)22-24-6-16-31(17-7-24)44-23-25-4-2-1-3-5-25/h6-17,25,30,33H,1-5,18-23,39H2,(H,40,42)/t33-/m0/s1. The first-order valence-corrected chi connectivity index (χ1v) is 15.9. The lowest BCUT2D eigenvalue weighted by atomic mass is 9.90. The summed E-state index contributed by atoms with van der Waals surface area (Å²) >= 11 is 5.98. The maximum Gasteiger partial charge on any atom is 0.301 e. The summed E-state index contributed by atoms with van der Waals surface area (Å²) in [5, 5.41) is 2.97. The highest BCUT2D eigenvalue weighted by atomic mass is 35.5. The summed E-state index contributed by atoms with van der Waals surface area (Å²) in [6.45, 7) is 1.20. The van der Waals surface area contributed by atoms with Crippen LogP contribution in [-0.2, 0) is 21.9 Å². The number of amides is 2. The molecule has 0 bridgehead atoms. The van der Waals surface area contributed by atoms with Gasteiger partial charge in [-0.25, -0.2) is 0 Å². The number of halogens is 3. The van der Waals surface area contributed by atoms with Crippen LogP contribution < -0.4 is 15.8 Å². The molecule has 1 aliphatic carbocycles. The fraction of sp³-hybridized carbons (Fsp3) is 0.429. The van der Waals surface area contributed by atoms with Gasteiger partial charge in [0, 0.05) is 29.7 Å². The Kier molecular flexibility index (Phi) is 10.5. The number of hydrogen-bond acceptors (Lipinski definition) is 4. The third kappa shape index (κ3) is 8.16. The van der Waals surface area contributed by atoms with Crippen LogP contribution in [0, 0.1) is 5.92 Å². The molecule has 6 nitrogen and oxygen atoms in total. The number of nitrogens with one attached hydrogen (secondary N) is 1. The van der Waals surface area contributed by atoms with Crippen LogP contribution in [-0.4, -0.2) is 48.5 Å². The largest absolute Gasteiger partial charge is 0.493 e. The highest BCUT2D eigenvalue weighted by Gasteiger charge is 2.48. The van der Waals surface area contributed by atoms with E-state index < -0.39 is 23.8 Å². The smallest absolute Gasteiger partial charge is 0.301 e. The van der Waals surface area contributed by atoms with Crippen molar-refractivity contribution in [3.05, 3.63) is 88.9 Å². The van der Waals surface area contributed by atoms with E-state index in [4.69, 9.17) is 22.1 Å². The molecule has 0 unspecified atom stereocenters. The van der Waals surface area contributed by atoms with Gasteiger partial charge in [-0.3, -0.25) is 9.59 Å². The van der Waals surface area contributed by atoms with Gasteiger partial charge in [0.15, 0.2) is 6.04 Å². The Morgan fingerprint density at radius 2 is 1.48 bits per heavy atom. The predicted octanol–water partition coefficient (Wildman–Crippen LogP) is 6.74. The maximum atomic E-state index is 16.2. The second-order valence-electron chi connectivity index (χ2n) is 12.0. The molecule has 2 amide bonds. The van der Waals surface area contributed by atoms with E-state index in [1.165, 1.54) is 49.1 Å². The van der Waals surface area contributed by atoms with Crippen LogP contribution >= 0.6 is 11.6 Å². The Hall–Kier alpha value is -3.49. The summed E-state index contributed by atoms with van der Waals surface area (Å²) < 4.78 is 38.3. The van der Waals surface area contributed by atoms with Gasteiger partial charge in [0.1, 0.15) is 5.75 Å². The second kappa shape index (κ2) is 14.5. The first-order valence-electron chi connectivity index (χ1n) is 15.5. The molecule has 9 heteroatoms. The quantitative estimate of drug-likeness (QED) is 0.262. The number of ether oxygens (including phenoxy) is 1. The van der Waals surface area contributed by atoms with Crippen molar-refractivity contribution in [2.75, 3.05) is 19.7 Å². The van der Waals surface area contributed by atoms with Crippen LogP contribution in [0.25, 0.3) is 11.1 Å². The zero-order valence-corrected chi connectivity index (χ0v) is 25.6. The van der Waals surface area contributed by atoms with E-state index in [-0.39, 0.29) is 31.1 Å². The topological polar surface area (TPSA) is 84.7 Å². The molecule has 234 valence electrons. The number of carbonyl (C=O) groups excluding carboxylic acids is 2. The Balaban J connectivity index is 1.28. The van der Waals surface area contributed by atoms with Crippen molar-refractivity contribution in [3.63, 3.8) is 0 Å². The summed E-state index contributed by atoms with van der Waals surface area (Å²) in [4.78, 5) is 28.1. The highest BCUT2D eigenvalue weighted by Crippen LogP contribution is 2.35. The van der Waals surface area contributed by atoms with Crippen molar-refractivity contribution < 1.29 is 23.1 Å². The molecule has 1 saturated carbocycles. The number of rotatable bonds is 10. The van der Waals surface area contributed by atoms with Crippen molar-refractivity contribution in [2.45, 2.75) is 69.4 Å². The van der Waals surface area contributed by atoms with Crippen molar-refractivity contribution in [2.24, 2.45) is 11.7 Å². The predicted molar refractivity (Wildman–Crippen MR) is 169 cm³/mol. The van der Waals surface area contributed by atoms with E-state index in [1.54, 1.807) is 60.7 Å². The van der Waals surface area contributed by atoms with Gasteiger partial charge in [0.05, 0.1) is 13.0 Å². The monoisotopic (exact) mass is 623 g/mol. The minimum absolute atomic E-state index is 0.0809. The molecule has 3 aromatic carbocycles. The minimum Gasteiger partial charge on any atom is -0.493 e. The summed E-state index contributed by atoms with van der Waals surface area (Å²) in [6.07, 6.45) is 7.01. The molecule has 2 aliphatic rings. The van der Waals surface area contributed by atoms with Gasteiger partial charge in [-0.2, -0.15) is 8.78 Å². The molecular weight excluding hydrogens is 584 g/mol. The van der Waals surface area contributed by atoms with Crippen molar-refractivity contribution in [1.82, 2.24) is 10.2 Å². The number of likely N-dealkylation sites (tertiary alicyclic amines) is 1. The summed E-state index contributed by atoms with van der Waals surface area (Å²) in [6, 6.07) is 17.8. The molecular formula is C35H40ClF2N3O3. The van der Waals surface area contributed by atoms with E-state index >= 15 is 8.78 Å². The van der Waals surface area contributed by atoms with Gasteiger partial charge in [0.25, 0.3) is 5.91 Å². The highest BCUT2D eigenvalue weighted by molar-refractivity contribution is 6.30. The van der Waals surface area contributed by atoms with Crippen LogP contribution in [0.1, 0.15) is 56.1 Å². The molecule has 3 N–H and O–H groups in total. The fourth-order valence-corrected chi connectivity index (χ4v) is 6.10. The first kappa shape index (κ1) is 31.9. The minimum atomic E-state index is -3.67. The van der Waals surface area contributed by atoms with Crippen LogP contribution in [0.4, 0.5) is 8.78 Å². The number of alkyl halides is 2. The second-order valence-corrected chi connectivity index (χ2v) is 12.4. The lowest BCUT2D eigenvalue weighted by Gasteiger charge is -2.35. The zero-order valence-electron chi connectivity index (χ0n) is 24.8. The van der Waals surface area contributed by atoms with Gasteiger partial charge in [0.2, 0.25) is 5.91 Å². The van der Waals surface area contributed by atoms with Crippen molar-refractivity contribution in [3.8, 4) is 16.9 Å². The summed E-state index contributed by atoms with van der Waals surface area (Å²) in [5.41, 5.74) is 7.81. The molecule has 1 heterocycles. The molecule has 1 atom stereocenters. The number of nitrogens with zero attached hydrogens (tertiary/aromatic N) is 1. The van der Waals surface area contributed by atoms with Gasteiger partial charge in [-0.1, -0.05) is 79.4 Å².